The van der Waals surface area contributed by atoms with Crippen LogP contribution in [0.3, 0.4) is 0 Å². The van der Waals surface area contributed by atoms with Crippen LogP contribution < -0.4 is 5.32 Å². The Hall–Kier alpha value is -2.73. The van der Waals surface area contributed by atoms with Crippen molar-refractivity contribution in [1.29, 1.82) is 0 Å². The van der Waals surface area contributed by atoms with Crippen LogP contribution in [0.5, 0.6) is 0 Å². The molecule has 148 valence electrons. The smallest absolute Gasteiger partial charge is 0.252 e. The van der Waals surface area contributed by atoms with Gasteiger partial charge in [-0.25, -0.2) is 9.67 Å². The number of benzene rings is 1. The Bertz CT molecular complexity index is 906. The lowest BCUT2D eigenvalue weighted by molar-refractivity contribution is 0.0942. The highest BCUT2D eigenvalue weighted by atomic mass is 16.5. The number of nitrogens with zero attached hydrogens (tertiary/aromatic N) is 3. The van der Waals surface area contributed by atoms with Gasteiger partial charge in [0.1, 0.15) is 0 Å². The number of unbranched alkanes of at least 4 members (excludes halogenated alkanes) is 1. The second-order valence-corrected chi connectivity index (χ2v) is 6.69. The van der Waals surface area contributed by atoms with E-state index in [-0.39, 0.29) is 5.91 Å². The summed E-state index contributed by atoms with van der Waals surface area (Å²) in [5.41, 5.74) is 3.09. The summed E-state index contributed by atoms with van der Waals surface area (Å²) < 4.78 is 7.37. The highest BCUT2D eigenvalue weighted by molar-refractivity contribution is 6.06. The minimum Gasteiger partial charge on any atom is -0.381 e. The van der Waals surface area contributed by atoms with Gasteiger partial charge in [0.05, 0.1) is 22.8 Å². The van der Waals surface area contributed by atoms with Gasteiger partial charge in [0, 0.05) is 31.9 Å². The van der Waals surface area contributed by atoms with Crippen molar-refractivity contribution >= 4 is 16.9 Å². The van der Waals surface area contributed by atoms with E-state index in [0.717, 1.165) is 48.2 Å². The molecule has 0 saturated carbocycles. The van der Waals surface area contributed by atoms with E-state index in [1.807, 2.05) is 48.0 Å². The molecule has 28 heavy (non-hydrogen) atoms. The Morgan fingerprint density at radius 2 is 1.93 bits per heavy atom. The largest absolute Gasteiger partial charge is 0.381 e. The van der Waals surface area contributed by atoms with Crippen molar-refractivity contribution in [3.8, 4) is 11.3 Å². The fourth-order valence-corrected chi connectivity index (χ4v) is 3.04. The van der Waals surface area contributed by atoms with E-state index in [2.05, 4.69) is 17.3 Å². The monoisotopic (exact) mass is 380 g/mol. The van der Waals surface area contributed by atoms with Crippen molar-refractivity contribution in [2.75, 3.05) is 19.8 Å². The number of rotatable bonds is 10. The number of nitrogens with one attached hydrogen (secondary N) is 1. The third kappa shape index (κ3) is 4.75. The number of hydrogen-bond donors (Lipinski definition) is 1. The van der Waals surface area contributed by atoms with Crippen molar-refractivity contribution in [2.24, 2.45) is 0 Å². The third-order valence-corrected chi connectivity index (χ3v) is 4.62. The fourth-order valence-electron chi connectivity index (χ4n) is 3.04. The summed E-state index contributed by atoms with van der Waals surface area (Å²) in [5, 5.41) is 8.16. The van der Waals surface area contributed by atoms with Gasteiger partial charge in [-0.3, -0.25) is 4.79 Å². The molecule has 1 N–H and O–H groups in total. The molecule has 2 heterocycles. The summed E-state index contributed by atoms with van der Waals surface area (Å²) in [6.45, 7) is 6.88. The molecule has 0 aliphatic carbocycles. The van der Waals surface area contributed by atoms with E-state index < -0.39 is 0 Å². The maximum atomic E-state index is 12.9. The zero-order valence-electron chi connectivity index (χ0n) is 16.6. The first-order chi connectivity index (χ1) is 13.7. The van der Waals surface area contributed by atoms with Gasteiger partial charge in [-0.2, -0.15) is 5.10 Å². The first-order valence-electron chi connectivity index (χ1n) is 10.0. The number of pyridine rings is 1. The number of aromatic nitrogens is 3. The number of hydrogen-bond acceptors (Lipinski definition) is 4. The quantitative estimate of drug-likeness (QED) is 0.539. The van der Waals surface area contributed by atoms with Crippen molar-refractivity contribution in [1.82, 2.24) is 20.1 Å². The maximum Gasteiger partial charge on any atom is 0.252 e. The molecule has 0 atom stereocenters. The number of fused-ring (bicyclic) bond motifs is 1. The molecule has 0 unspecified atom stereocenters. The number of carbonyl (C=O) groups excluding carboxylic acids is 1. The van der Waals surface area contributed by atoms with Crippen LogP contribution >= 0.6 is 0 Å². The number of amides is 1. The Kier molecular flexibility index (Phi) is 7.14. The van der Waals surface area contributed by atoms with Gasteiger partial charge in [-0.05, 0) is 25.8 Å². The average Bonchev–Trinajstić information content (AvgIpc) is 3.16. The van der Waals surface area contributed by atoms with E-state index in [1.54, 1.807) is 6.20 Å². The maximum absolute atomic E-state index is 12.9. The summed E-state index contributed by atoms with van der Waals surface area (Å²) in [7, 11) is 0. The topological polar surface area (TPSA) is 69.0 Å². The molecule has 2 aromatic heterocycles. The molecule has 3 rings (SSSR count). The van der Waals surface area contributed by atoms with Crippen LogP contribution in [-0.2, 0) is 11.3 Å². The third-order valence-electron chi connectivity index (χ3n) is 4.62. The van der Waals surface area contributed by atoms with Crippen LogP contribution in [0.25, 0.3) is 22.3 Å². The molecule has 0 saturated heterocycles. The zero-order chi connectivity index (χ0) is 19.8. The summed E-state index contributed by atoms with van der Waals surface area (Å²) >= 11 is 0. The SMILES string of the molecule is CCCCOCCCNC(=O)c1cc(-c2ccccc2)nc2c1cnn2CC. The second kappa shape index (κ2) is 9.99. The molecule has 0 aliphatic rings. The van der Waals surface area contributed by atoms with E-state index in [4.69, 9.17) is 9.72 Å². The average molecular weight is 380 g/mol. The molecular formula is C22H28N4O2. The van der Waals surface area contributed by atoms with Gasteiger partial charge in [-0.15, -0.1) is 0 Å². The first-order valence-corrected chi connectivity index (χ1v) is 10.0. The summed E-state index contributed by atoms with van der Waals surface area (Å²) in [5.74, 6) is -0.103. The van der Waals surface area contributed by atoms with E-state index >= 15 is 0 Å². The Labute approximate surface area is 165 Å². The van der Waals surface area contributed by atoms with E-state index in [1.165, 1.54) is 0 Å². The summed E-state index contributed by atoms with van der Waals surface area (Å²) in [6.07, 6.45) is 4.72. The zero-order valence-corrected chi connectivity index (χ0v) is 16.6. The molecule has 1 amide bonds. The number of ether oxygens (including phenoxy) is 1. The number of aryl methyl sites for hydroxylation is 1. The molecule has 0 spiro atoms. The fraction of sp³-hybridized carbons (Fsp3) is 0.409. The van der Waals surface area contributed by atoms with Crippen LogP contribution in [0.1, 0.15) is 43.5 Å². The molecule has 0 radical (unpaired) electrons. The lowest BCUT2D eigenvalue weighted by Crippen LogP contribution is -2.25. The van der Waals surface area contributed by atoms with Crippen LogP contribution in [0.2, 0.25) is 0 Å². The Morgan fingerprint density at radius 3 is 2.68 bits per heavy atom. The van der Waals surface area contributed by atoms with Crippen molar-refractivity contribution < 1.29 is 9.53 Å². The molecule has 1 aromatic carbocycles. The van der Waals surface area contributed by atoms with Gasteiger partial charge < -0.3 is 10.1 Å². The Balaban J connectivity index is 1.77. The van der Waals surface area contributed by atoms with Gasteiger partial charge in [0.25, 0.3) is 5.91 Å². The molecule has 6 nitrogen and oxygen atoms in total. The van der Waals surface area contributed by atoms with Crippen molar-refractivity contribution in [2.45, 2.75) is 39.7 Å². The molecule has 0 aliphatic heterocycles. The van der Waals surface area contributed by atoms with E-state index in [0.29, 0.717) is 25.3 Å². The van der Waals surface area contributed by atoms with Crippen molar-refractivity contribution in [3.05, 3.63) is 48.2 Å². The predicted octanol–water partition coefficient (Wildman–Crippen LogP) is 4.05. The summed E-state index contributed by atoms with van der Waals surface area (Å²) in [6, 6.07) is 11.8. The van der Waals surface area contributed by atoms with Gasteiger partial charge >= 0.3 is 0 Å². The van der Waals surface area contributed by atoms with Gasteiger partial charge in [0.15, 0.2) is 5.65 Å². The van der Waals surface area contributed by atoms with Crippen LogP contribution in [0.4, 0.5) is 0 Å². The summed E-state index contributed by atoms with van der Waals surface area (Å²) in [4.78, 5) is 17.6. The van der Waals surface area contributed by atoms with Gasteiger partial charge in [-0.1, -0.05) is 43.7 Å². The standard InChI is InChI=1S/C22H28N4O2/c1-3-5-13-28-14-9-12-23-22(27)18-15-20(17-10-7-6-8-11-17)25-21-19(18)16-24-26(21)4-2/h6-8,10-11,15-16H,3-5,9,12-14H2,1-2H3,(H,23,27). The minimum absolute atomic E-state index is 0.103. The Morgan fingerprint density at radius 1 is 1.14 bits per heavy atom. The van der Waals surface area contributed by atoms with Gasteiger partial charge in [0.2, 0.25) is 0 Å². The molecule has 0 fully saturated rings. The lowest BCUT2D eigenvalue weighted by atomic mass is 10.1. The lowest BCUT2D eigenvalue weighted by Gasteiger charge is -2.10. The molecule has 0 bridgehead atoms. The molecule has 6 heteroatoms. The molecular weight excluding hydrogens is 352 g/mol. The van der Waals surface area contributed by atoms with Crippen LogP contribution in [0.15, 0.2) is 42.6 Å². The van der Waals surface area contributed by atoms with Crippen molar-refractivity contribution in [3.63, 3.8) is 0 Å². The minimum atomic E-state index is -0.103. The normalized spacial score (nSPS) is 11.1. The second-order valence-electron chi connectivity index (χ2n) is 6.69. The number of carbonyl (C=O) groups is 1. The highest BCUT2D eigenvalue weighted by Gasteiger charge is 2.16. The molecule has 3 aromatic rings. The van der Waals surface area contributed by atoms with Crippen LogP contribution in [-0.4, -0.2) is 40.4 Å². The first kappa shape index (κ1) is 20.0. The van der Waals surface area contributed by atoms with E-state index in [9.17, 15) is 4.79 Å². The van der Waals surface area contributed by atoms with Crippen LogP contribution in [0, 0.1) is 0 Å². The predicted molar refractivity (Wildman–Crippen MR) is 111 cm³/mol. The highest BCUT2D eigenvalue weighted by Crippen LogP contribution is 2.24.